The minimum Gasteiger partial charge on any atom is -0.342 e. The lowest BCUT2D eigenvalue weighted by molar-refractivity contribution is -0.131. The van der Waals surface area contributed by atoms with E-state index in [1.54, 1.807) is 0 Å². The standard InChI is InChI=1S/C16H18ClN3OS/c17-14-4-2-1-3-13(14)16-19-12(10-22-16)9-15(21)20-7-5-11(18)6-8-20/h1-4,10-11H,5-9,18H2. The zero-order chi connectivity index (χ0) is 15.5. The summed E-state index contributed by atoms with van der Waals surface area (Å²) in [4.78, 5) is 18.8. The predicted molar refractivity (Wildman–Crippen MR) is 90.1 cm³/mol. The van der Waals surface area contributed by atoms with Gasteiger partial charge in [-0.25, -0.2) is 4.98 Å². The maximum Gasteiger partial charge on any atom is 0.228 e. The minimum atomic E-state index is 0.128. The summed E-state index contributed by atoms with van der Waals surface area (Å²) in [6.45, 7) is 1.50. The third-order valence-electron chi connectivity index (χ3n) is 3.88. The first kappa shape index (κ1) is 15.5. The number of carbonyl (C=O) groups is 1. The Morgan fingerprint density at radius 1 is 1.36 bits per heavy atom. The van der Waals surface area contributed by atoms with Crippen LogP contribution in [0.1, 0.15) is 18.5 Å². The van der Waals surface area contributed by atoms with E-state index in [0.717, 1.165) is 42.2 Å². The topological polar surface area (TPSA) is 59.2 Å². The molecule has 0 bridgehead atoms. The Hall–Kier alpha value is -1.43. The van der Waals surface area contributed by atoms with Crippen LogP contribution in [0.3, 0.4) is 0 Å². The van der Waals surface area contributed by atoms with Gasteiger partial charge < -0.3 is 10.6 Å². The van der Waals surface area contributed by atoms with Crippen LogP contribution >= 0.6 is 22.9 Å². The van der Waals surface area contributed by atoms with E-state index in [0.29, 0.717) is 11.4 Å². The number of carbonyl (C=O) groups excluding carboxylic acids is 1. The minimum absolute atomic E-state index is 0.128. The lowest BCUT2D eigenvalue weighted by Crippen LogP contribution is -2.43. The molecule has 0 saturated carbocycles. The van der Waals surface area contributed by atoms with Gasteiger partial charge in [-0.05, 0) is 18.9 Å². The molecule has 1 aromatic carbocycles. The van der Waals surface area contributed by atoms with Crippen LogP contribution in [0.4, 0.5) is 0 Å². The van der Waals surface area contributed by atoms with Crippen molar-refractivity contribution in [1.82, 2.24) is 9.88 Å². The van der Waals surface area contributed by atoms with Crippen LogP contribution in [0.15, 0.2) is 29.6 Å². The van der Waals surface area contributed by atoms with Gasteiger partial charge >= 0.3 is 0 Å². The number of rotatable bonds is 3. The van der Waals surface area contributed by atoms with E-state index in [-0.39, 0.29) is 11.9 Å². The quantitative estimate of drug-likeness (QED) is 0.938. The molecule has 1 aliphatic heterocycles. The molecule has 4 nitrogen and oxygen atoms in total. The Morgan fingerprint density at radius 3 is 2.82 bits per heavy atom. The van der Waals surface area contributed by atoms with E-state index in [2.05, 4.69) is 4.98 Å². The van der Waals surface area contributed by atoms with Gasteiger partial charge in [0.2, 0.25) is 5.91 Å². The molecule has 2 aromatic rings. The van der Waals surface area contributed by atoms with E-state index in [4.69, 9.17) is 17.3 Å². The van der Waals surface area contributed by atoms with Gasteiger partial charge in [-0.2, -0.15) is 0 Å². The van der Waals surface area contributed by atoms with Crippen molar-refractivity contribution >= 4 is 28.8 Å². The van der Waals surface area contributed by atoms with E-state index in [9.17, 15) is 4.79 Å². The summed E-state index contributed by atoms with van der Waals surface area (Å²) in [6.07, 6.45) is 2.11. The number of hydrogen-bond donors (Lipinski definition) is 1. The molecule has 0 radical (unpaired) electrons. The normalized spacial score (nSPS) is 16.0. The van der Waals surface area contributed by atoms with Crippen molar-refractivity contribution in [3.8, 4) is 10.6 Å². The number of halogens is 1. The zero-order valence-corrected chi connectivity index (χ0v) is 13.7. The predicted octanol–water partition coefficient (Wildman–Crippen LogP) is 2.96. The van der Waals surface area contributed by atoms with Crippen LogP contribution in [0.5, 0.6) is 0 Å². The molecule has 6 heteroatoms. The molecule has 2 N–H and O–H groups in total. The number of piperidine rings is 1. The fourth-order valence-electron chi connectivity index (χ4n) is 2.56. The second-order valence-electron chi connectivity index (χ2n) is 5.52. The molecule has 22 heavy (non-hydrogen) atoms. The molecule has 0 aliphatic carbocycles. The number of benzene rings is 1. The Bertz CT molecular complexity index is 665. The van der Waals surface area contributed by atoms with Crippen molar-refractivity contribution in [2.75, 3.05) is 13.1 Å². The van der Waals surface area contributed by atoms with Gasteiger partial charge in [-0.1, -0.05) is 29.8 Å². The second-order valence-corrected chi connectivity index (χ2v) is 6.78. The fraction of sp³-hybridized carbons (Fsp3) is 0.375. The van der Waals surface area contributed by atoms with E-state index in [1.807, 2.05) is 34.5 Å². The first-order valence-electron chi connectivity index (χ1n) is 7.36. The summed E-state index contributed by atoms with van der Waals surface area (Å²) in [7, 11) is 0. The van der Waals surface area contributed by atoms with Gasteiger partial charge in [-0.3, -0.25) is 4.79 Å². The highest BCUT2D eigenvalue weighted by molar-refractivity contribution is 7.13. The van der Waals surface area contributed by atoms with Gasteiger partial charge in [0.05, 0.1) is 17.1 Å². The van der Waals surface area contributed by atoms with Crippen molar-refractivity contribution in [2.45, 2.75) is 25.3 Å². The van der Waals surface area contributed by atoms with Crippen LogP contribution < -0.4 is 5.73 Å². The molecule has 0 unspecified atom stereocenters. The van der Waals surface area contributed by atoms with Gasteiger partial charge in [0.15, 0.2) is 0 Å². The smallest absolute Gasteiger partial charge is 0.228 e. The number of hydrogen-bond acceptors (Lipinski definition) is 4. The van der Waals surface area contributed by atoms with Crippen LogP contribution in [-0.4, -0.2) is 34.9 Å². The van der Waals surface area contributed by atoms with Crippen LogP contribution in [-0.2, 0) is 11.2 Å². The van der Waals surface area contributed by atoms with E-state index in [1.165, 1.54) is 11.3 Å². The van der Waals surface area contributed by atoms with Crippen molar-refractivity contribution in [3.63, 3.8) is 0 Å². The molecule has 0 spiro atoms. The molecule has 1 saturated heterocycles. The van der Waals surface area contributed by atoms with Crippen LogP contribution in [0.25, 0.3) is 10.6 Å². The third-order valence-corrected chi connectivity index (χ3v) is 5.13. The van der Waals surface area contributed by atoms with Gasteiger partial charge in [0, 0.05) is 30.1 Å². The first-order chi connectivity index (χ1) is 10.6. The molecule has 116 valence electrons. The summed E-state index contributed by atoms with van der Waals surface area (Å²) in [5, 5.41) is 3.47. The lowest BCUT2D eigenvalue weighted by atomic mass is 10.1. The summed E-state index contributed by atoms with van der Waals surface area (Å²) in [6, 6.07) is 7.85. The fourth-order valence-corrected chi connectivity index (χ4v) is 3.70. The molecule has 1 amide bonds. The lowest BCUT2D eigenvalue weighted by Gasteiger charge is -2.30. The van der Waals surface area contributed by atoms with Crippen molar-refractivity contribution < 1.29 is 4.79 Å². The van der Waals surface area contributed by atoms with Crippen molar-refractivity contribution in [3.05, 3.63) is 40.4 Å². The number of nitrogens with zero attached hydrogens (tertiary/aromatic N) is 2. The SMILES string of the molecule is NC1CCN(C(=O)Cc2csc(-c3ccccc3Cl)n2)CC1. The molecule has 2 heterocycles. The van der Waals surface area contributed by atoms with E-state index < -0.39 is 0 Å². The third kappa shape index (κ3) is 3.48. The number of aromatic nitrogens is 1. The molecular weight excluding hydrogens is 318 g/mol. The summed E-state index contributed by atoms with van der Waals surface area (Å²) >= 11 is 7.71. The highest BCUT2D eigenvalue weighted by atomic mass is 35.5. The average molecular weight is 336 g/mol. The number of likely N-dealkylation sites (tertiary alicyclic amines) is 1. The number of thiazole rings is 1. The maximum atomic E-state index is 12.3. The molecule has 1 fully saturated rings. The average Bonchev–Trinajstić information content (AvgIpc) is 2.96. The largest absolute Gasteiger partial charge is 0.342 e. The molecule has 1 aromatic heterocycles. The van der Waals surface area contributed by atoms with Crippen LogP contribution in [0.2, 0.25) is 5.02 Å². The van der Waals surface area contributed by atoms with Gasteiger partial charge in [0.25, 0.3) is 0 Å². The van der Waals surface area contributed by atoms with Crippen LogP contribution in [0, 0.1) is 0 Å². The molecular formula is C16H18ClN3OS. The van der Waals surface area contributed by atoms with Gasteiger partial charge in [-0.15, -0.1) is 11.3 Å². The van der Waals surface area contributed by atoms with Crippen molar-refractivity contribution in [2.24, 2.45) is 5.73 Å². The highest BCUT2D eigenvalue weighted by Gasteiger charge is 2.21. The Kier molecular flexibility index (Phi) is 4.76. The Labute approximate surface area is 138 Å². The summed E-state index contributed by atoms with van der Waals surface area (Å²) < 4.78 is 0. The Balaban J connectivity index is 1.67. The maximum absolute atomic E-state index is 12.3. The Morgan fingerprint density at radius 2 is 2.09 bits per heavy atom. The first-order valence-corrected chi connectivity index (χ1v) is 8.62. The van der Waals surface area contributed by atoms with Crippen molar-refractivity contribution in [1.29, 1.82) is 0 Å². The summed E-state index contributed by atoms with van der Waals surface area (Å²) in [5.41, 5.74) is 7.59. The summed E-state index contributed by atoms with van der Waals surface area (Å²) in [5.74, 6) is 0.128. The number of nitrogens with two attached hydrogens (primary N) is 1. The van der Waals surface area contributed by atoms with E-state index >= 15 is 0 Å². The number of amides is 1. The molecule has 1 aliphatic rings. The molecule has 3 rings (SSSR count). The molecule has 0 atom stereocenters. The second kappa shape index (κ2) is 6.77. The monoisotopic (exact) mass is 335 g/mol. The highest BCUT2D eigenvalue weighted by Crippen LogP contribution is 2.30. The zero-order valence-electron chi connectivity index (χ0n) is 12.2. The van der Waals surface area contributed by atoms with Gasteiger partial charge in [0.1, 0.15) is 5.01 Å².